The fourth-order valence-corrected chi connectivity index (χ4v) is 3.91. The Labute approximate surface area is 167 Å². The number of pyridine rings is 1. The second kappa shape index (κ2) is 9.70. The van der Waals surface area contributed by atoms with Gasteiger partial charge in [0.05, 0.1) is 5.69 Å². The van der Waals surface area contributed by atoms with Gasteiger partial charge in [0.25, 0.3) is 5.82 Å². The van der Waals surface area contributed by atoms with Crippen LogP contribution in [0.5, 0.6) is 0 Å². The molecule has 0 unspecified atom stereocenters. The van der Waals surface area contributed by atoms with E-state index in [0.717, 1.165) is 22.4 Å². The molecule has 23 heavy (non-hydrogen) atoms. The summed E-state index contributed by atoms with van der Waals surface area (Å²) in [5.41, 5.74) is 3.45. The Hall–Kier alpha value is 0.310. The molecule has 0 atom stereocenters. The average molecular weight is 672 g/mol. The topological polar surface area (TPSA) is 60.3 Å². The van der Waals surface area contributed by atoms with Crippen molar-refractivity contribution in [2.24, 2.45) is 0 Å². The van der Waals surface area contributed by atoms with Crippen LogP contribution >= 0.6 is 37.2 Å². The van der Waals surface area contributed by atoms with Gasteiger partial charge < -0.3 is 0 Å². The van der Waals surface area contributed by atoms with Crippen molar-refractivity contribution in [3.05, 3.63) is 52.7 Å². The molecule has 2 rings (SSSR count). The molecule has 8 heteroatoms. The van der Waals surface area contributed by atoms with Gasteiger partial charge >= 0.3 is 60.5 Å². The number of aromatic nitrogens is 1. The normalized spacial score (nSPS) is 10.9. The Bertz CT molecular complexity index is 757. The number of halogens is 3. The number of aryl methyl sites for hydroxylation is 4. The van der Waals surface area contributed by atoms with Crippen LogP contribution in [-0.4, -0.2) is 8.42 Å². The summed E-state index contributed by atoms with van der Waals surface area (Å²) in [4.78, 5) is 3.34. The van der Waals surface area contributed by atoms with Crippen LogP contribution in [0.4, 0.5) is 5.82 Å². The Morgan fingerprint density at radius 3 is 2.04 bits per heavy atom. The van der Waals surface area contributed by atoms with Crippen LogP contribution in [0.25, 0.3) is 0 Å². The van der Waals surface area contributed by atoms with Gasteiger partial charge in [0.15, 0.2) is 0 Å². The van der Waals surface area contributed by atoms with Gasteiger partial charge in [0, 0.05) is 6.07 Å². The Morgan fingerprint density at radius 2 is 1.57 bits per heavy atom. The van der Waals surface area contributed by atoms with E-state index in [2.05, 4.69) is 46.9 Å². The van der Waals surface area contributed by atoms with Crippen molar-refractivity contribution < 1.29 is 26.7 Å². The number of H-pyrrole nitrogens is 1. The predicted octanol–water partition coefficient (Wildman–Crippen LogP) is 1.31. The summed E-state index contributed by atoms with van der Waals surface area (Å²) >= 11 is 5.30. The van der Waals surface area contributed by atoms with Crippen molar-refractivity contribution in [3.8, 4) is 0 Å². The molecule has 0 saturated carbocycles. The average Bonchev–Trinajstić information content (AvgIpc) is 2.36. The van der Waals surface area contributed by atoms with Crippen molar-refractivity contribution in [1.82, 2.24) is 0 Å². The Kier molecular flexibility index (Phi) is 9.01. The fourth-order valence-electron chi connectivity index (χ4n) is 2.43. The zero-order valence-electron chi connectivity index (χ0n) is 13.2. The molecule has 0 saturated heterocycles. The first-order valence-electron chi connectivity index (χ1n) is 6.68. The van der Waals surface area contributed by atoms with Gasteiger partial charge in [-0.2, -0.15) is 13.1 Å². The van der Waals surface area contributed by atoms with Gasteiger partial charge in [0.1, 0.15) is 4.90 Å². The molecular formula is C15H19I3N2O2S. The molecule has 0 radical (unpaired) electrons. The van der Waals surface area contributed by atoms with E-state index in [-0.39, 0.29) is 0 Å². The van der Waals surface area contributed by atoms with Crippen molar-refractivity contribution in [2.45, 2.75) is 32.6 Å². The van der Waals surface area contributed by atoms with Gasteiger partial charge in [-0.3, -0.25) is 0 Å². The monoisotopic (exact) mass is 672 g/mol. The molecule has 0 bridgehead atoms. The van der Waals surface area contributed by atoms with Crippen LogP contribution in [0.2, 0.25) is 0 Å². The molecule has 4 nitrogen and oxygen atoms in total. The van der Waals surface area contributed by atoms with Crippen LogP contribution < -0.4 is 23.0 Å². The molecule has 2 N–H and O–H groups in total. The van der Waals surface area contributed by atoms with Crippen LogP contribution in [0.15, 0.2) is 35.2 Å². The summed E-state index contributed by atoms with van der Waals surface area (Å²) in [5.74, 6) is 0.462. The summed E-state index contributed by atoms with van der Waals surface area (Å²) in [6.45, 7) is 7.46. The standard InChI is InChI=1S/C15H18N2O2S.I3/c1-10-8-11(2)15(12(3)9-10)20(18,19)17-14-7-5-6-13(4)16-14;1-3-2/h5-9H,1-4H3,(H,16,17);/q;-1/p+1. The quantitative estimate of drug-likeness (QED) is 0.501. The number of sulfonamides is 1. The number of benzene rings is 1. The molecule has 1 aromatic heterocycles. The minimum atomic E-state index is -3.59. The summed E-state index contributed by atoms with van der Waals surface area (Å²) in [6, 6.07) is 9.13. The molecule has 1 heterocycles. The van der Waals surface area contributed by atoms with Gasteiger partial charge in [-0.25, -0.2) is 4.98 Å². The van der Waals surface area contributed by atoms with Crippen LogP contribution in [0, 0.1) is 27.7 Å². The zero-order chi connectivity index (χ0) is 17.6. The minimum absolute atomic E-state index is 0.345. The maximum atomic E-state index is 12.5. The summed E-state index contributed by atoms with van der Waals surface area (Å²) in [5, 5.41) is 0. The van der Waals surface area contributed by atoms with E-state index in [1.54, 1.807) is 12.1 Å². The molecule has 0 amide bonds. The fraction of sp³-hybridized carbons (Fsp3) is 0.267. The number of aromatic amines is 1. The number of anilines is 1. The van der Waals surface area contributed by atoms with Crippen LogP contribution in [0.3, 0.4) is 0 Å². The zero-order valence-corrected chi connectivity index (χ0v) is 20.5. The van der Waals surface area contributed by atoms with Gasteiger partial charge in [-0.15, -0.1) is 0 Å². The second-order valence-corrected chi connectivity index (χ2v) is 23.0. The third-order valence-electron chi connectivity index (χ3n) is 3.06. The van der Waals surface area contributed by atoms with E-state index in [1.165, 1.54) is 0 Å². The first-order chi connectivity index (χ1) is 10.7. The van der Waals surface area contributed by atoms with Crippen molar-refractivity contribution >= 4 is 53.1 Å². The molecule has 1 aromatic carbocycles. The number of hydrogen-bond acceptors (Lipinski definition) is 2. The third kappa shape index (κ3) is 6.61. The number of rotatable bonds is 3. The van der Waals surface area contributed by atoms with Crippen molar-refractivity contribution in [2.75, 3.05) is 4.72 Å². The first-order valence-corrected chi connectivity index (χ1v) is 20.7. The number of nitrogens with one attached hydrogen (secondary N) is 2. The van der Waals surface area contributed by atoms with E-state index in [0.29, 0.717) is 24.0 Å². The molecule has 0 spiro atoms. The van der Waals surface area contributed by atoms with Gasteiger partial charge in [0.2, 0.25) is 0 Å². The molecular weight excluding hydrogens is 653 g/mol. The van der Waals surface area contributed by atoms with E-state index < -0.39 is 10.0 Å². The molecule has 0 aliphatic heterocycles. The third-order valence-corrected chi connectivity index (χ3v) is 4.73. The Balaban J connectivity index is 0.000000816. The summed E-state index contributed by atoms with van der Waals surface area (Å²) in [6.07, 6.45) is 0. The van der Waals surface area contributed by atoms with Gasteiger partial charge in [-0.05, 0) is 44.9 Å². The molecule has 0 aliphatic rings. The summed E-state index contributed by atoms with van der Waals surface area (Å²) < 4.78 is 27.7. The molecule has 0 aliphatic carbocycles. The van der Waals surface area contributed by atoms with Crippen molar-refractivity contribution in [1.29, 1.82) is 0 Å². The Morgan fingerprint density at radius 1 is 1.04 bits per heavy atom. The van der Waals surface area contributed by atoms with Crippen LogP contribution in [0.1, 0.15) is 22.4 Å². The molecule has 128 valence electrons. The van der Waals surface area contributed by atoms with E-state index in [9.17, 15) is 8.42 Å². The molecule has 2 aromatic rings. The first kappa shape index (κ1) is 21.4. The van der Waals surface area contributed by atoms with Gasteiger partial charge in [-0.1, -0.05) is 23.8 Å². The maximum absolute atomic E-state index is 12.5. The second-order valence-electron chi connectivity index (χ2n) is 5.13. The molecule has 0 fully saturated rings. The van der Waals surface area contributed by atoms with Crippen molar-refractivity contribution in [3.63, 3.8) is 0 Å². The van der Waals surface area contributed by atoms with Crippen LogP contribution in [-0.2, 0) is 10.0 Å². The SMILES string of the molecule is Cc1cc(C)c(S(=O)(=O)Nc2cccc(C)[nH+]2)c(C)c1.I[I-]I. The predicted molar refractivity (Wildman–Crippen MR) is 107 cm³/mol. The van der Waals surface area contributed by atoms with E-state index in [4.69, 9.17) is 0 Å². The number of hydrogen-bond donors (Lipinski definition) is 1. The van der Waals surface area contributed by atoms with E-state index >= 15 is 0 Å². The van der Waals surface area contributed by atoms with E-state index in [1.807, 2.05) is 45.9 Å². The summed E-state index contributed by atoms with van der Waals surface area (Å²) in [7, 11) is -3.59.